The molecule has 3 aromatic rings. The Kier molecular flexibility index (Phi) is 6.43. The van der Waals surface area contributed by atoms with E-state index < -0.39 is 28.7 Å². The van der Waals surface area contributed by atoms with Gasteiger partial charge in [0.2, 0.25) is 5.75 Å². The maximum atomic E-state index is 13.0. The molecule has 9 heteroatoms. The summed E-state index contributed by atoms with van der Waals surface area (Å²) in [6.07, 6.45) is 0. The van der Waals surface area contributed by atoms with Gasteiger partial charge in [0.05, 0.1) is 6.61 Å². The highest BCUT2D eigenvalue weighted by atomic mass is 19.1. The van der Waals surface area contributed by atoms with Crippen molar-refractivity contribution in [3.05, 3.63) is 76.0 Å². The first kappa shape index (κ1) is 21.0. The number of aromatic nitrogens is 2. The highest BCUT2D eigenvalue weighted by molar-refractivity contribution is 5.95. The number of benzene rings is 2. The summed E-state index contributed by atoms with van der Waals surface area (Å²) in [7, 11) is 1.44. The first-order valence-electron chi connectivity index (χ1n) is 9.19. The Morgan fingerprint density at radius 2 is 1.87 bits per heavy atom. The van der Waals surface area contributed by atoms with Crippen LogP contribution in [0.15, 0.2) is 53.3 Å². The number of carbonyl (C=O) groups excluding carboxylic acids is 1. The van der Waals surface area contributed by atoms with Crippen molar-refractivity contribution in [3.63, 3.8) is 0 Å². The molecule has 4 N–H and O–H groups in total. The molecule has 0 radical (unpaired) electrons. The predicted molar refractivity (Wildman–Crippen MR) is 110 cm³/mol. The number of anilines is 1. The molecule has 0 aliphatic carbocycles. The van der Waals surface area contributed by atoms with Crippen LogP contribution in [0.2, 0.25) is 0 Å². The summed E-state index contributed by atoms with van der Waals surface area (Å²) in [5, 5.41) is 24.9. The number of aliphatic hydroxyl groups excluding tert-OH is 1. The number of aliphatic hydroxyl groups is 1. The van der Waals surface area contributed by atoms with Crippen molar-refractivity contribution in [2.45, 2.75) is 6.54 Å². The van der Waals surface area contributed by atoms with Crippen LogP contribution < -0.4 is 16.2 Å². The lowest BCUT2D eigenvalue weighted by Gasteiger charge is -2.15. The molecule has 1 amide bonds. The quantitative estimate of drug-likeness (QED) is 0.469. The number of aromatic hydroxyl groups is 1. The van der Waals surface area contributed by atoms with Crippen LogP contribution in [0.1, 0.15) is 16.1 Å². The summed E-state index contributed by atoms with van der Waals surface area (Å²) < 4.78 is 14.2. The van der Waals surface area contributed by atoms with Gasteiger partial charge in [0.15, 0.2) is 5.69 Å². The lowest BCUT2D eigenvalue weighted by atomic mass is 10.1. The molecule has 0 atom stereocenters. The minimum absolute atomic E-state index is 0.0689. The van der Waals surface area contributed by atoms with Crippen LogP contribution in [0.4, 0.5) is 10.1 Å². The third kappa shape index (κ3) is 4.47. The molecule has 0 unspecified atom stereocenters. The third-order valence-corrected chi connectivity index (χ3v) is 4.44. The van der Waals surface area contributed by atoms with E-state index >= 15 is 0 Å². The minimum Gasteiger partial charge on any atom is -0.501 e. The van der Waals surface area contributed by atoms with Gasteiger partial charge in [0.1, 0.15) is 11.6 Å². The first-order chi connectivity index (χ1) is 14.4. The van der Waals surface area contributed by atoms with Crippen molar-refractivity contribution in [1.82, 2.24) is 14.9 Å². The summed E-state index contributed by atoms with van der Waals surface area (Å²) in [6.45, 7) is 0.265. The standard InChI is InChI=1S/C21H21FN4O4/c1-26-19(15-4-2-3-5-16(15)23-10-11-27)25-17(18(28)21(26)30)20(29)24-12-13-6-8-14(22)9-7-13/h2-9,23,27-28H,10-12H2,1H3,(H,24,29). The zero-order valence-electron chi connectivity index (χ0n) is 16.2. The van der Waals surface area contributed by atoms with Crippen molar-refractivity contribution in [3.8, 4) is 17.1 Å². The second-order valence-corrected chi connectivity index (χ2v) is 6.50. The number of nitrogens with zero attached hydrogens (tertiary/aromatic N) is 2. The fourth-order valence-corrected chi connectivity index (χ4v) is 2.88. The van der Waals surface area contributed by atoms with Crippen molar-refractivity contribution in [2.24, 2.45) is 7.05 Å². The summed E-state index contributed by atoms with van der Waals surface area (Å²) in [4.78, 5) is 29.4. The topological polar surface area (TPSA) is 116 Å². The lowest BCUT2D eigenvalue weighted by Crippen LogP contribution is -2.29. The fraction of sp³-hybridized carbons (Fsp3) is 0.190. The Labute approximate surface area is 171 Å². The molecule has 0 bridgehead atoms. The van der Waals surface area contributed by atoms with Crippen molar-refractivity contribution in [1.29, 1.82) is 0 Å². The molecule has 8 nitrogen and oxygen atoms in total. The smallest absolute Gasteiger partial charge is 0.296 e. The number of carbonyl (C=O) groups is 1. The molecule has 2 aromatic carbocycles. The van der Waals surface area contributed by atoms with E-state index in [4.69, 9.17) is 5.11 Å². The van der Waals surface area contributed by atoms with Gasteiger partial charge in [-0.25, -0.2) is 9.37 Å². The van der Waals surface area contributed by atoms with Gasteiger partial charge in [-0.05, 0) is 29.8 Å². The first-order valence-corrected chi connectivity index (χ1v) is 9.19. The molecule has 156 valence electrons. The fourth-order valence-electron chi connectivity index (χ4n) is 2.88. The number of hydrogen-bond donors (Lipinski definition) is 4. The summed E-state index contributed by atoms with van der Waals surface area (Å²) >= 11 is 0. The lowest BCUT2D eigenvalue weighted by molar-refractivity contribution is 0.0942. The monoisotopic (exact) mass is 412 g/mol. The van der Waals surface area contributed by atoms with Gasteiger partial charge in [-0.2, -0.15) is 0 Å². The number of para-hydroxylation sites is 1. The average molecular weight is 412 g/mol. The molecule has 1 aromatic heterocycles. The van der Waals surface area contributed by atoms with Crippen molar-refractivity contribution >= 4 is 11.6 Å². The maximum Gasteiger partial charge on any atom is 0.296 e. The van der Waals surface area contributed by atoms with Gasteiger partial charge in [0, 0.05) is 31.4 Å². The van der Waals surface area contributed by atoms with E-state index in [2.05, 4.69) is 15.6 Å². The minimum atomic E-state index is -0.774. The molecular weight excluding hydrogens is 391 g/mol. The number of amides is 1. The zero-order chi connectivity index (χ0) is 21.7. The predicted octanol–water partition coefficient (Wildman–Crippen LogP) is 1.63. The molecule has 0 saturated heterocycles. The van der Waals surface area contributed by atoms with Crippen LogP contribution in [0, 0.1) is 5.82 Å². The van der Waals surface area contributed by atoms with Crippen molar-refractivity contribution in [2.75, 3.05) is 18.5 Å². The largest absolute Gasteiger partial charge is 0.501 e. The SMILES string of the molecule is Cn1c(-c2ccccc2NCCO)nc(C(=O)NCc2ccc(F)cc2)c(O)c1=O. The van der Waals surface area contributed by atoms with Crippen LogP contribution in [0.3, 0.4) is 0 Å². The molecular formula is C21H21FN4O4. The number of hydrogen-bond acceptors (Lipinski definition) is 6. The van der Waals surface area contributed by atoms with E-state index in [0.717, 1.165) is 4.57 Å². The molecule has 3 rings (SSSR count). The Balaban J connectivity index is 1.95. The Bertz CT molecular complexity index is 1110. The van der Waals surface area contributed by atoms with Gasteiger partial charge in [-0.1, -0.05) is 24.3 Å². The van der Waals surface area contributed by atoms with Gasteiger partial charge in [-0.3, -0.25) is 14.2 Å². The van der Waals surface area contributed by atoms with Gasteiger partial charge in [-0.15, -0.1) is 0 Å². The normalized spacial score (nSPS) is 10.6. The van der Waals surface area contributed by atoms with Crippen molar-refractivity contribution < 1.29 is 19.4 Å². The second kappa shape index (κ2) is 9.19. The van der Waals surface area contributed by atoms with E-state index in [1.54, 1.807) is 24.3 Å². The maximum absolute atomic E-state index is 13.0. The number of nitrogens with one attached hydrogen (secondary N) is 2. The number of halogens is 1. The van der Waals surface area contributed by atoms with Crippen LogP contribution in [0.25, 0.3) is 11.4 Å². The number of rotatable bonds is 7. The van der Waals surface area contributed by atoms with Gasteiger partial charge in [0.25, 0.3) is 11.5 Å². The molecule has 0 saturated carbocycles. The summed E-state index contributed by atoms with van der Waals surface area (Å²) in [5.41, 5.74) is 0.596. The molecule has 0 aliphatic heterocycles. The van der Waals surface area contributed by atoms with Crippen LogP contribution in [-0.2, 0) is 13.6 Å². The Morgan fingerprint density at radius 3 is 2.57 bits per heavy atom. The molecule has 0 fully saturated rings. The van der Waals surface area contributed by atoms with Crippen LogP contribution in [0.5, 0.6) is 5.75 Å². The summed E-state index contributed by atoms with van der Waals surface area (Å²) in [5.74, 6) is -1.73. The van der Waals surface area contributed by atoms with Gasteiger partial charge < -0.3 is 20.8 Å². The highest BCUT2D eigenvalue weighted by Gasteiger charge is 2.21. The third-order valence-electron chi connectivity index (χ3n) is 4.44. The van der Waals surface area contributed by atoms with E-state index in [0.29, 0.717) is 16.8 Å². The van der Waals surface area contributed by atoms with E-state index in [-0.39, 0.29) is 25.5 Å². The Morgan fingerprint density at radius 1 is 1.17 bits per heavy atom. The van der Waals surface area contributed by atoms with Crippen LogP contribution >= 0.6 is 0 Å². The average Bonchev–Trinajstić information content (AvgIpc) is 2.76. The second-order valence-electron chi connectivity index (χ2n) is 6.50. The van der Waals surface area contributed by atoms with E-state index in [1.807, 2.05) is 0 Å². The van der Waals surface area contributed by atoms with E-state index in [9.17, 15) is 19.1 Å². The van der Waals surface area contributed by atoms with Gasteiger partial charge >= 0.3 is 0 Å². The van der Waals surface area contributed by atoms with E-state index in [1.165, 1.54) is 31.3 Å². The molecule has 1 heterocycles. The van der Waals surface area contributed by atoms with Crippen LogP contribution in [-0.4, -0.2) is 38.8 Å². The highest BCUT2D eigenvalue weighted by Crippen LogP contribution is 2.26. The molecule has 0 spiro atoms. The molecule has 0 aliphatic rings. The zero-order valence-corrected chi connectivity index (χ0v) is 16.2. The molecule has 30 heavy (non-hydrogen) atoms. The summed E-state index contributed by atoms with van der Waals surface area (Å²) in [6, 6.07) is 12.5. The Hall–Kier alpha value is -3.72.